The summed E-state index contributed by atoms with van der Waals surface area (Å²) < 4.78 is 13.5. The first-order valence-electron chi connectivity index (χ1n) is 7.27. The number of anilines is 2. The molecule has 0 spiro atoms. The SMILES string of the molecule is CN(C)CCNC1=Nc2cc(F)ccc2Nc2ccccc21. The van der Waals surface area contributed by atoms with E-state index in [-0.39, 0.29) is 5.82 Å². The van der Waals surface area contributed by atoms with Gasteiger partial charge in [-0.15, -0.1) is 0 Å². The van der Waals surface area contributed by atoms with Crippen LogP contribution in [0.3, 0.4) is 0 Å². The number of fused-ring (bicyclic) bond motifs is 2. The van der Waals surface area contributed by atoms with Crippen molar-refractivity contribution >= 4 is 22.9 Å². The van der Waals surface area contributed by atoms with Crippen LogP contribution in [0.1, 0.15) is 5.56 Å². The van der Waals surface area contributed by atoms with Crippen molar-refractivity contribution in [1.82, 2.24) is 10.2 Å². The second-order valence-corrected chi connectivity index (χ2v) is 5.52. The smallest absolute Gasteiger partial charge is 0.136 e. The predicted molar refractivity (Wildman–Crippen MR) is 88.9 cm³/mol. The molecule has 0 aliphatic carbocycles. The molecule has 5 heteroatoms. The molecule has 0 atom stereocenters. The summed E-state index contributed by atoms with van der Waals surface area (Å²) in [6, 6.07) is 12.5. The van der Waals surface area contributed by atoms with Crippen LogP contribution in [0.4, 0.5) is 21.5 Å². The lowest BCUT2D eigenvalue weighted by Crippen LogP contribution is -2.32. The van der Waals surface area contributed by atoms with E-state index in [1.54, 1.807) is 6.07 Å². The first kappa shape index (κ1) is 14.5. The maximum Gasteiger partial charge on any atom is 0.136 e. The van der Waals surface area contributed by atoms with Crippen molar-refractivity contribution in [2.75, 3.05) is 32.5 Å². The molecule has 0 fully saturated rings. The predicted octanol–water partition coefficient (Wildman–Crippen LogP) is 3.11. The van der Waals surface area contributed by atoms with E-state index in [2.05, 4.69) is 20.5 Å². The van der Waals surface area contributed by atoms with Crippen LogP contribution in [0, 0.1) is 5.82 Å². The average molecular weight is 298 g/mol. The van der Waals surface area contributed by atoms with Gasteiger partial charge in [0.25, 0.3) is 0 Å². The maximum absolute atomic E-state index is 13.5. The highest BCUT2D eigenvalue weighted by Gasteiger charge is 2.16. The van der Waals surface area contributed by atoms with Gasteiger partial charge in [-0.3, -0.25) is 0 Å². The van der Waals surface area contributed by atoms with Crippen LogP contribution in [-0.2, 0) is 0 Å². The van der Waals surface area contributed by atoms with Crippen LogP contribution in [0.25, 0.3) is 0 Å². The molecule has 0 aromatic heterocycles. The fourth-order valence-corrected chi connectivity index (χ4v) is 2.36. The molecule has 1 heterocycles. The van der Waals surface area contributed by atoms with E-state index >= 15 is 0 Å². The highest BCUT2D eigenvalue weighted by atomic mass is 19.1. The number of benzene rings is 2. The van der Waals surface area contributed by atoms with Gasteiger partial charge in [-0.25, -0.2) is 9.38 Å². The molecule has 0 unspecified atom stereocenters. The van der Waals surface area contributed by atoms with Crippen LogP contribution in [0.15, 0.2) is 47.5 Å². The van der Waals surface area contributed by atoms with Gasteiger partial charge in [0.1, 0.15) is 11.7 Å². The Hall–Kier alpha value is -2.40. The summed E-state index contributed by atoms with van der Waals surface area (Å²) in [6.07, 6.45) is 0. The van der Waals surface area contributed by atoms with Crippen molar-refractivity contribution in [3.8, 4) is 0 Å². The van der Waals surface area contributed by atoms with Gasteiger partial charge in [-0.2, -0.15) is 0 Å². The molecule has 2 aromatic rings. The summed E-state index contributed by atoms with van der Waals surface area (Å²) in [6.45, 7) is 1.66. The van der Waals surface area contributed by atoms with Gasteiger partial charge in [-0.05, 0) is 38.4 Å². The molecular formula is C17H19FN4. The van der Waals surface area contributed by atoms with E-state index in [0.717, 1.165) is 35.9 Å². The van der Waals surface area contributed by atoms with Crippen LogP contribution >= 0.6 is 0 Å². The second-order valence-electron chi connectivity index (χ2n) is 5.52. The highest BCUT2D eigenvalue weighted by molar-refractivity contribution is 6.07. The minimum absolute atomic E-state index is 0.289. The van der Waals surface area contributed by atoms with Crippen molar-refractivity contribution < 1.29 is 4.39 Å². The molecule has 2 aromatic carbocycles. The number of para-hydroxylation sites is 1. The Morgan fingerprint density at radius 2 is 1.95 bits per heavy atom. The van der Waals surface area contributed by atoms with Gasteiger partial charge >= 0.3 is 0 Å². The molecular weight excluding hydrogens is 279 g/mol. The molecule has 0 saturated carbocycles. The van der Waals surface area contributed by atoms with E-state index in [1.165, 1.54) is 12.1 Å². The Bertz CT molecular complexity index is 710. The van der Waals surface area contributed by atoms with Crippen LogP contribution in [0.5, 0.6) is 0 Å². The van der Waals surface area contributed by atoms with Gasteiger partial charge in [0.15, 0.2) is 0 Å². The number of hydrogen-bond donors (Lipinski definition) is 2. The number of hydrogen-bond acceptors (Lipinski definition) is 4. The summed E-state index contributed by atoms with van der Waals surface area (Å²) in [4.78, 5) is 6.72. The Labute approximate surface area is 129 Å². The summed E-state index contributed by atoms with van der Waals surface area (Å²) in [5.74, 6) is 0.470. The fraction of sp³-hybridized carbons (Fsp3) is 0.235. The van der Waals surface area contributed by atoms with E-state index in [9.17, 15) is 4.39 Å². The Balaban J connectivity index is 1.99. The van der Waals surface area contributed by atoms with Crippen molar-refractivity contribution in [2.24, 2.45) is 4.99 Å². The molecule has 0 bridgehead atoms. The Morgan fingerprint density at radius 1 is 1.14 bits per heavy atom. The number of likely N-dealkylation sites (N-methyl/N-ethyl adjacent to an activating group) is 1. The topological polar surface area (TPSA) is 39.7 Å². The van der Waals surface area contributed by atoms with Gasteiger partial charge in [0, 0.05) is 30.4 Å². The number of rotatable bonds is 3. The van der Waals surface area contributed by atoms with Crippen LogP contribution < -0.4 is 10.6 Å². The first-order valence-corrected chi connectivity index (χ1v) is 7.27. The van der Waals surface area contributed by atoms with Crippen molar-refractivity contribution in [2.45, 2.75) is 0 Å². The molecule has 22 heavy (non-hydrogen) atoms. The normalized spacial score (nSPS) is 12.8. The standard InChI is InChI=1S/C17H19FN4/c1-22(2)10-9-19-17-13-5-3-4-6-14(13)20-15-8-7-12(18)11-16(15)21-17/h3-8,11,20H,9-10H2,1-2H3,(H,19,21). The van der Waals surface area contributed by atoms with Crippen molar-refractivity contribution in [1.29, 1.82) is 0 Å². The number of nitrogens with zero attached hydrogens (tertiary/aromatic N) is 2. The lowest BCUT2D eigenvalue weighted by molar-refractivity contribution is 0.413. The fourth-order valence-electron chi connectivity index (χ4n) is 2.36. The number of nitrogens with one attached hydrogen (secondary N) is 2. The third-order valence-corrected chi connectivity index (χ3v) is 3.50. The number of halogens is 1. The zero-order valence-corrected chi connectivity index (χ0v) is 12.7. The molecule has 0 amide bonds. The molecule has 0 radical (unpaired) electrons. The van der Waals surface area contributed by atoms with Crippen LogP contribution in [0.2, 0.25) is 0 Å². The molecule has 3 rings (SSSR count). The zero-order valence-electron chi connectivity index (χ0n) is 12.7. The Morgan fingerprint density at radius 3 is 2.77 bits per heavy atom. The average Bonchev–Trinajstić information content (AvgIpc) is 2.63. The largest absolute Gasteiger partial charge is 0.368 e. The molecule has 1 aliphatic heterocycles. The number of amidine groups is 1. The second kappa shape index (κ2) is 6.15. The Kier molecular flexibility index (Phi) is 4.06. The molecule has 114 valence electrons. The summed E-state index contributed by atoms with van der Waals surface area (Å²) in [7, 11) is 4.05. The minimum atomic E-state index is -0.289. The van der Waals surface area contributed by atoms with E-state index in [1.807, 2.05) is 38.4 Å². The van der Waals surface area contributed by atoms with Crippen LogP contribution in [-0.4, -0.2) is 37.9 Å². The third kappa shape index (κ3) is 3.09. The lowest BCUT2D eigenvalue weighted by atomic mass is 10.1. The van der Waals surface area contributed by atoms with Gasteiger partial charge in [0.2, 0.25) is 0 Å². The first-order chi connectivity index (χ1) is 10.6. The number of aliphatic imine (C=N–C) groups is 1. The van der Waals surface area contributed by atoms with Gasteiger partial charge < -0.3 is 15.5 Å². The summed E-state index contributed by atoms with van der Waals surface area (Å²) in [5.41, 5.74) is 3.35. The lowest BCUT2D eigenvalue weighted by Gasteiger charge is -2.14. The highest BCUT2D eigenvalue weighted by Crippen LogP contribution is 2.33. The monoisotopic (exact) mass is 298 g/mol. The zero-order chi connectivity index (χ0) is 15.5. The minimum Gasteiger partial charge on any atom is -0.368 e. The molecule has 4 nitrogen and oxygen atoms in total. The van der Waals surface area contributed by atoms with E-state index < -0.39 is 0 Å². The van der Waals surface area contributed by atoms with E-state index in [4.69, 9.17) is 0 Å². The maximum atomic E-state index is 13.5. The molecule has 2 N–H and O–H groups in total. The third-order valence-electron chi connectivity index (χ3n) is 3.50. The van der Waals surface area contributed by atoms with Gasteiger partial charge in [-0.1, -0.05) is 12.1 Å². The van der Waals surface area contributed by atoms with Gasteiger partial charge in [0.05, 0.1) is 11.4 Å². The van der Waals surface area contributed by atoms with Crippen molar-refractivity contribution in [3.05, 3.63) is 53.8 Å². The summed E-state index contributed by atoms with van der Waals surface area (Å²) in [5, 5.41) is 6.68. The van der Waals surface area contributed by atoms with Crippen molar-refractivity contribution in [3.63, 3.8) is 0 Å². The van der Waals surface area contributed by atoms with E-state index in [0.29, 0.717) is 5.69 Å². The summed E-state index contributed by atoms with van der Waals surface area (Å²) >= 11 is 0. The molecule has 1 aliphatic rings. The molecule has 0 saturated heterocycles. The quantitative estimate of drug-likeness (QED) is 0.914.